The maximum Gasteiger partial charge on any atom is 0.213 e. The first-order valence-electron chi connectivity index (χ1n) is 8.62. The fourth-order valence-corrected chi connectivity index (χ4v) is 2.99. The van der Waals surface area contributed by atoms with Crippen molar-refractivity contribution in [3.05, 3.63) is 54.4 Å². The Morgan fingerprint density at radius 3 is 2.23 bits per heavy atom. The molecule has 1 N–H and O–H groups in total. The number of rotatable bonds is 10. The molecule has 0 radical (unpaired) electrons. The van der Waals surface area contributed by atoms with Gasteiger partial charge in [-0.15, -0.1) is 0 Å². The fraction of sp³-hybridized carbons (Fsp3) is 0.421. The van der Waals surface area contributed by atoms with Crippen molar-refractivity contribution in [3.63, 3.8) is 0 Å². The first-order chi connectivity index (χ1) is 12.4. The molecule has 26 heavy (non-hydrogen) atoms. The smallest absolute Gasteiger partial charge is 0.213 e. The van der Waals surface area contributed by atoms with E-state index in [4.69, 9.17) is 9.47 Å². The van der Waals surface area contributed by atoms with Gasteiger partial charge < -0.3 is 9.47 Å². The van der Waals surface area contributed by atoms with Gasteiger partial charge in [0.25, 0.3) is 0 Å². The van der Waals surface area contributed by atoms with E-state index in [2.05, 4.69) is 9.71 Å². The molecule has 142 valence electrons. The molecule has 1 aromatic carbocycles. The van der Waals surface area contributed by atoms with Gasteiger partial charge in [0.05, 0.1) is 11.4 Å². The van der Waals surface area contributed by atoms with E-state index in [1.165, 1.54) is 0 Å². The zero-order valence-corrected chi connectivity index (χ0v) is 16.2. The number of aromatic nitrogens is 1. The van der Waals surface area contributed by atoms with Gasteiger partial charge in [-0.2, -0.15) is 0 Å². The van der Waals surface area contributed by atoms with Crippen LogP contribution in [0.3, 0.4) is 0 Å². The highest BCUT2D eigenvalue weighted by Crippen LogP contribution is 2.19. The average molecular weight is 378 g/mol. The summed E-state index contributed by atoms with van der Waals surface area (Å²) in [6, 6.07) is 11.3. The minimum Gasteiger partial charge on any atom is -0.490 e. The van der Waals surface area contributed by atoms with Crippen molar-refractivity contribution in [1.82, 2.24) is 9.71 Å². The van der Waals surface area contributed by atoms with Crippen molar-refractivity contribution in [2.45, 2.75) is 31.9 Å². The third kappa shape index (κ3) is 6.31. The molecule has 1 atom stereocenters. The summed E-state index contributed by atoms with van der Waals surface area (Å²) in [5.41, 5.74) is 1.05. The molecule has 1 heterocycles. The number of hydrogen-bond donors (Lipinski definition) is 1. The van der Waals surface area contributed by atoms with E-state index >= 15 is 0 Å². The lowest BCUT2D eigenvalue weighted by molar-refractivity contribution is 0.216. The molecule has 2 rings (SSSR count). The number of hydrogen-bond acceptors (Lipinski definition) is 5. The SMILES string of the molecule is CC(CNS(=O)(=O)C(C)C)c1ccc(OCCOc2cccnc2)cc1. The molecule has 0 saturated carbocycles. The van der Waals surface area contributed by atoms with Crippen molar-refractivity contribution in [1.29, 1.82) is 0 Å². The Bertz CT molecular complexity index is 762. The van der Waals surface area contributed by atoms with Crippen LogP contribution in [-0.2, 0) is 10.0 Å². The van der Waals surface area contributed by atoms with Gasteiger partial charge in [-0.05, 0) is 49.6 Å². The standard InChI is InChI=1S/C19H26N2O4S/c1-15(2)26(22,23)21-13-16(3)17-6-8-18(9-7-17)24-11-12-25-19-5-4-10-20-14-19/h4-10,14-16,21H,11-13H2,1-3H3. The molecule has 0 aliphatic heterocycles. The average Bonchev–Trinajstić information content (AvgIpc) is 2.64. The van der Waals surface area contributed by atoms with E-state index in [1.807, 2.05) is 43.3 Å². The van der Waals surface area contributed by atoms with E-state index in [-0.39, 0.29) is 5.92 Å². The van der Waals surface area contributed by atoms with Gasteiger partial charge in [-0.1, -0.05) is 19.1 Å². The van der Waals surface area contributed by atoms with Gasteiger partial charge in [-0.3, -0.25) is 4.98 Å². The molecule has 2 aromatic rings. The number of sulfonamides is 1. The van der Waals surface area contributed by atoms with Crippen LogP contribution in [0.1, 0.15) is 32.3 Å². The molecule has 0 spiro atoms. The Morgan fingerprint density at radius 1 is 1.00 bits per heavy atom. The third-order valence-electron chi connectivity index (χ3n) is 3.92. The van der Waals surface area contributed by atoms with Crippen LogP contribution in [0.2, 0.25) is 0 Å². The normalized spacial score (nSPS) is 12.8. The summed E-state index contributed by atoms with van der Waals surface area (Å²) >= 11 is 0. The maximum atomic E-state index is 11.8. The first-order valence-corrected chi connectivity index (χ1v) is 10.2. The van der Waals surface area contributed by atoms with Crippen LogP contribution in [0.4, 0.5) is 0 Å². The fourth-order valence-electron chi connectivity index (χ4n) is 2.17. The Morgan fingerprint density at radius 2 is 1.65 bits per heavy atom. The summed E-state index contributed by atoms with van der Waals surface area (Å²) in [6.07, 6.45) is 3.35. The Hall–Kier alpha value is -2.12. The van der Waals surface area contributed by atoms with Crippen LogP contribution in [0.15, 0.2) is 48.8 Å². The van der Waals surface area contributed by atoms with Crippen LogP contribution in [0.5, 0.6) is 11.5 Å². The molecule has 0 bridgehead atoms. The van der Waals surface area contributed by atoms with Crippen LogP contribution < -0.4 is 14.2 Å². The molecule has 0 amide bonds. The van der Waals surface area contributed by atoms with Crippen LogP contribution in [-0.4, -0.2) is 38.4 Å². The summed E-state index contributed by atoms with van der Waals surface area (Å²) in [5, 5.41) is -0.431. The summed E-state index contributed by atoms with van der Waals surface area (Å²) in [7, 11) is -3.24. The lowest BCUT2D eigenvalue weighted by Gasteiger charge is -2.15. The van der Waals surface area contributed by atoms with E-state index in [9.17, 15) is 8.42 Å². The lowest BCUT2D eigenvalue weighted by atomic mass is 10.0. The van der Waals surface area contributed by atoms with Crippen molar-refractivity contribution >= 4 is 10.0 Å². The van der Waals surface area contributed by atoms with Gasteiger partial charge in [0, 0.05) is 12.7 Å². The number of benzene rings is 1. The van der Waals surface area contributed by atoms with E-state index in [0.717, 1.165) is 11.3 Å². The molecule has 0 fully saturated rings. The molecule has 0 aliphatic carbocycles. The molecule has 1 unspecified atom stereocenters. The summed E-state index contributed by atoms with van der Waals surface area (Å²) in [4.78, 5) is 3.98. The number of pyridine rings is 1. The lowest BCUT2D eigenvalue weighted by Crippen LogP contribution is -2.33. The number of nitrogens with zero attached hydrogens (tertiary/aromatic N) is 1. The van der Waals surface area contributed by atoms with Gasteiger partial charge in [-0.25, -0.2) is 13.1 Å². The highest BCUT2D eigenvalue weighted by molar-refractivity contribution is 7.90. The van der Waals surface area contributed by atoms with Gasteiger partial charge in [0.15, 0.2) is 0 Å². The molecule has 6 nitrogen and oxygen atoms in total. The van der Waals surface area contributed by atoms with Gasteiger partial charge >= 0.3 is 0 Å². The molecule has 7 heteroatoms. The Labute approximate surface area is 155 Å². The van der Waals surface area contributed by atoms with Crippen LogP contribution >= 0.6 is 0 Å². The number of nitrogens with one attached hydrogen (secondary N) is 1. The third-order valence-corrected chi connectivity index (χ3v) is 5.73. The molecule has 1 aromatic heterocycles. The topological polar surface area (TPSA) is 77.5 Å². The monoisotopic (exact) mass is 378 g/mol. The second kappa shape index (κ2) is 9.54. The van der Waals surface area contributed by atoms with Crippen molar-refractivity contribution in [2.75, 3.05) is 19.8 Å². The quantitative estimate of drug-likeness (QED) is 0.643. The summed E-state index contributed by atoms with van der Waals surface area (Å²) in [6.45, 7) is 6.55. The predicted molar refractivity (Wildman–Crippen MR) is 102 cm³/mol. The van der Waals surface area contributed by atoms with Crippen LogP contribution in [0, 0.1) is 0 Å². The van der Waals surface area contributed by atoms with Gasteiger partial charge in [0.1, 0.15) is 24.7 Å². The minimum atomic E-state index is -3.24. The molecular formula is C19H26N2O4S. The molecular weight excluding hydrogens is 352 g/mol. The predicted octanol–water partition coefficient (Wildman–Crippen LogP) is 2.97. The van der Waals surface area contributed by atoms with E-state index in [0.29, 0.717) is 25.5 Å². The first kappa shape index (κ1) is 20.2. The maximum absolute atomic E-state index is 11.8. The van der Waals surface area contributed by atoms with Crippen molar-refractivity contribution < 1.29 is 17.9 Å². The van der Waals surface area contributed by atoms with E-state index < -0.39 is 15.3 Å². The summed E-state index contributed by atoms with van der Waals surface area (Å²) in [5.74, 6) is 1.54. The van der Waals surface area contributed by atoms with Gasteiger partial charge in [0.2, 0.25) is 10.0 Å². The molecule has 0 saturated heterocycles. The second-order valence-corrected chi connectivity index (χ2v) is 8.62. The highest BCUT2D eigenvalue weighted by Gasteiger charge is 2.16. The number of ether oxygens (including phenoxy) is 2. The summed E-state index contributed by atoms with van der Waals surface area (Å²) < 4.78 is 37.5. The van der Waals surface area contributed by atoms with E-state index in [1.54, 1.807) is 26.2 Å². The zero-order chi connectivity index (χ0) is 19.0. The largest absolute Gasteiger partial charge is 0.490 e. The minimum absolute atomic E-state index is 0.0755. The van der Waals surface area contributed by atoms with Crippen molar-refractivity contribution in [2.24, 2.45) is 0 Å². The Kier molecular flexibility index (Phi) is 7.41. The van der Waals surface area contributed by atoms with Crippen LogP contribution in [0.25, 0.3) is 0 Å². The Balaban J connectivity index is 1.76. The zero-order valence-electron chi connectivity index (χ0n) is 15.4. The molecule has 0 aliphatic rings. The highest BCUT2D eigenvalue weighted by atomic mass is 32.2. The van der Waals surface area contributed by atoms with Crippen molar-refractivity contribution in [3.8, 4) is 11.5 Å². The second-order valence-electron chi connectivity index (χ2n) is 6.30.